The Morgan fingerprint density at radius 2 is 1.65 bits per heavy atom. The fourth-order valence-corrected chi connectivity index (χ4v) is 7.50. The largest absolute Gasteiger partial charge is 0.363 e. The van der Waals surface area contributed by atoms with Gasteiger partial charge >= 0.3 is 6.03 Å². The summed E-state index contributed by atoms with van der Waals surface area (Å²) in [6.45, 7) is 8.76. The maximum Gasteiger partial charge on any atom is 0.315 e. The molecule has 0 saturated heterocycles. The zero-order valence-electron chi connectivity index (χ0n) is 27.6. The lowest BCUT2D eigenvalue weighted by molar-refractivity contribution is -0.144. The van der Waals surface area contributed by atoms with E-state index in [1.165, 1.54) is 24.0 Å². The number of primary amides is 1. The number of Topliss-reactive ketones (excluding diaryl/α,β-unsaturated/α-hetero) is 1. The number of nitrogens with two attached hydrogens (primary N) is 1. The molecule has 0 aliphatic heterocycles. The maximum atomic E-state index is 14.1. The van der Waals surface area contributed by atoms with Crippen LogP contribution in [0.15, 0.2) is 35.2 Å². The number of sulfone groups is 1. The predicted octanol–water partition coefficient (Wildman–Crippen LogP) is 2.46. The number of terminal acetylenes is 1. The maximum absolute atomic E-state index is 14.1. The Labute approximate surface area is 272 Å². The average Bonchev–Trinajstić information content (AvgIpc) is 2.99. The molecule has 0 heterocycles. The number of hydrogen-bond acceptors (Lipinski definition) is 7. The number of hydrogen-bond donors (Lipinski definition) is 4. The van der Waals surface area contributed by atoms with E-state index < -0.39 is 68.5 Å². The van der Waals surface area contributed by atoms with Gasteiger partial charge in [-0.2, -0.15) is 0 Å². The van der Waals surface area contributed by atoms with E-state index in [1.807, 2.05) is 6.92 Å². The van der Waals surface area contributed by atoms with E-state index in [4.69, 9.17) is 12.2 Å². The molecule has 46 heavy (non-hydrogen) atoms. The Morgan fingerprint density at radius 3 is 2.17 bits per heavy atom. The highest BCUT2D eigenvalue weighted by molar-refractivity contribution is 7.91. The highest BCUT2D eigenvalue weighted by Gasteiger charge is 2.42. The van der Waals surface area contributed by atoms with Crippen LogP contribution in [0.1, 0.15) is 86.0 Å². The summed E-state index contributed by atoms with van der Waals surface area (Å²) in [4.78, 5) is 66.3. The summed E-state index contributed by atoms with van der Waals surface area (Å²) in [6, 6.07) is 3.96. The molecule has 0 spiro atoms. The lowest BCUT2D eigenvalue weighted by atomic mass is 9.83. The molecular formula is C33H49N5O7S. The Hall–Kier alpha value is -3.92. The molecule has 12 nitrogen and oxygen atoms in total. The van der Waals surface area contributed by atoms with Crippen LogP contribution in [0.4, 0.5) is 4.79 Å². The van der Waals surface area contributed by atoms with Gasteiger partial charge in [0.25, 0.3) is 5.91 Å². The minimum absolute atomic E-state index is 0.00740. The van der Waals surface area contributed by atoms with Crippen LogP contribution in [0.3, 0.4) is 0 Å². The third-order valence-corrected chi connectivity index (χ3v) is 10.1. The van der Waals surface area contributed by atoms with Crippen molar-refractivity contribution in [2.45, 2.75) is 115 Å². The molecule has 2 rings (SSSR count). The number of nitrogens with zero attached hydrogens (tertiary/aromatic N) is 1. The second-order valence-corrected chi connectivity index (χ2v) is 15.0. The molecule has 1 fully saturated rings. The van der Waals surface area contributed by atoms with E-state index in [0.717, 1.165) is 19.3 Å². The summed E-state index contributed by atoms with van der Waals surface area (Å²) in [6.07, 6.45) is 9.20. The topological polar surface area (TPSA) is 185 Å². The van der Waals surface area contributed by atoms with E-state index in [-0.39, 0.29) is 30.0 Å². The molecule has 5 amide bonds. The van der Waals surface area contributed by atoms with Gasteiger partial charge in [-0.25, -0.2) is 13.2 Å². The summed E-state index contributed by atoms with van der Waals surface area (Å²) < 4.78 is 26.7. The van der Waals surface area contributed by atoms with Crippen LogP contribution >= 0.6 is 0 Å². The van der Waals surface area contributed by atoms with Gasteiger partial charge in [0, 0.05) is 13.0 Å². The molecule has 1 saturated carbocycles. The Balaban J connectivity index is 2.31. The first-order valence-electron chi connectivity index (χ1n) is 15.7. The van der Waals surface area contributed by atoms with Crippen molar-refractivity contribution in [2.75, 3.05) is 12.3 Å². The number of carbonyl (C=O) groups excluding carboxylic acids is 5. The second kappa shape index (κ2) is 16.6. The van der Waals surface area contributed by atoms with Gasteiger partial charge in [-0.05, 0) is 50.2 Å². The number of carbonyl (C=O) groups is 5. The molecule has 0 radical (unpaired) electrons. The molecule has 0 aromatic heterocycles. The van der Waals surface area contributed by atoms with Crippen molar-refractivity contribution in [2.24, 2.45) is 11.1 Å². The molecule has 3 atom stereocenters. The van der Waals surface area contributed by atoms with Crippen LogP contribution < -0.4 is 21.7 Å². The van der Waals surface area contributed by atoms with Gasteiger partial charge in [0.1, 0.15) is 12.1 Å². The molecule has 0 bridgehead atoms. The van der Waals surface area contributed by atoms with Crippen LogP contribution in [0.5, 0.6) is 0 Å². The summed E-state index contributed by atoms with van der Waals surface area (Å²) >= 11 is 0. The third-order valence-electron chi connectivity index (χ3n) is 8.19. The number of ketones is 1. The number of benzene rings is 1. The molecule has 1 aliphatic carbocycles. The van der Waals surface area contributed by atoms with Gasteiger partial charge in [-0.15, -0.1) is 12.3 Å². The first-order valence-corrected chi connectivity index (χ1v) is 17.4. The van der Waals surface area contributed by atoms with Crippen molar-refractivity contribution in [3.63, 3.8) is 0 Å². The minimum atomic E-state index is -3.73. The van der Waals surface area contributed by atoms with Crippen LogP contribution in [0.25, 0.3) is 0 Å². The lowest BCUT2D eigenvalue weighted by Gasteiger charge is -2.40. The Morgan fingerprint density at radius 1 is 1.04 bits per heavy atom. The Bertz CT molecular complexity index is 1390. The van der Waals surface area contributed by atoms with Crippen molar-refractivity contribution in [1.82, 2.24) is 20.9 Å². The molecule has 1 aromatic rings. The SMILES string of the molecule is C#CCCC(NC(=O)[C@H](C)N(CCC)C(=O)[C@@H](NC(=O)NC1(CS(=O)(=O)c2ccccc2)CCCCC1)C(C)(C)C)C(=O)C(N)=O. The fourth-order valence-electron chi connectivity index (χ4n) is 5.67. The highest BCUT2D eigenvalue weighted by atomic mass is 32.2. The van der Waals surface area contributed by atoms with Gasteiger partial charge in [0.05, 0.1) is 22.2 Å². The summed E-state index contributed by atoms with van der Waals surface area (Å²) in [7, 11) is -3.73. The first kappa shape index (κ1) is 38.3. The van der Waals surface area contributed by atoms with Crippen LogP contribution in [0, 0.1) is 17.8 Å². The van der Waals surface area contributed by atoms with E-state index in [9.17, 15) is 32.4 Å². The van der Waals surface area contributed by atoms with Gasteiger partial charge in [0.2, 0.25) is 17.6 Å². The van der Waals surface area contributed by atoms with Crippen molar-refractivity contribution < 1.29 is 32.4 Å². The molecular weight excluding hydrogens is 610 g/mol. The van der Waals surface area contributed by atoms with Crippen LogP contribution in [0.2, 0.25) is 0 Å². The van der Waals surface area contributed by atoms with Crippen LogP contribution in [-0.4, -0.2) is 78.8 Å². The van der Waals surface area contributed by atoms with Gasteiger partial charge < -0.3 is 26.6 Å². The molecule has 5 N–H and O–H groups in total. The van der Waals surface area contributed by atoms with Gasteiger partial charge in [-0.3, -0.25) is 19.2 Å². The molecule has 1 aliphatic rings. The van der Waals surface area contributed by atoms with Crippen molar-refractivity contribution in [3.8, 4) is 12.3 Å². The summed E-state index contributed by atoms with van der Waals surface area (Å²) in [5.74, 6) is -1.37. The van der Waals surface area contributed by atoms with E-state index >= 15 is 0 Å². The number of nitrogens with one attached hydrogen (secondary N) is 3. The first-order chi connectivity index (χ1) is 21.5. The average molecular weight is 660 g/mol. The monoisotopic (exact) mass is 659 g/mol. The summed E-state index contributed by atoms with van der Waals surface area (Å²) in [5.41, 5.74) is 3.31. The standard InChI is InChI=1S/C33H49N5O7S/c1-7-9-18-25(26(39)28(34)40)35-29(41)23(3)38(21-8-2)30(42)27(32(4,5)6)36-31(43)37-33(19-14-11-15-20-33)22-46(44,45)24-16-12-10-13-17-24/h1,10,12-13,16-17,23,25,27H,8-9,11,14-15,18-22H2,2-6H3,(H2,34,40)(H,35,41)(H2,36,37,43)/t23-,25?,27+/m0/s1. The minimum Gasteiger partial charge on any atom is -0.363 e. The molecule has 1 unspecified atom stereocenters. The van der Waals surface area contributed by atoms with E-state index in [2.05, 4.69) is 21.9 Å². The molecule has 254 valence electrons. The van der Waals surface area contributed by atoms with Crippen molar-refractivity contribution in [1.29, 1.82) is 0 Å². The highest BCUT2D eigenvalue weighted by Crippen LogP contribution is 2.32. The lowest BCUT2D eigenvalue weighted by Crippen LogP contribution is -2.63. The van der Waals surface area contributed by atoms with Crippen molar-refractivity contribution in [3.05, 3.63) is 30.3 Å². The number of urea groups is 1. The van der Waals surface area contributed by atoms with Gasteiger partial charge in [0.15, 0.2) is 9.84 Å². The van der Waals surface area contributed by atoms with E-state index in [1.54, 1.807) is 39.0 Å². The second-order valence-electron chi connectivity index (χ2n) is 13.1. The van der Waals surface area contributed by atoms with E-state index in [0.29, 0.717) is 19.3 Å². The third kappa shape index (κ3) is 10.6. The van der Waals surface area contributed by atoms with Crippen molar-refractivity contribution >= 4 is 39.4 Å². The molecule has 1 aromatic carbocycles. The summed E-state index contributed by atoms with van der Waals surface area (Å²) in [5, 5.41) is 8.22. The smallest absolute Gasteiger partial charge is 0.315 e. The van der Waals surface area contributed by atoms with Crippen LogP contribution in [-0.2, 0) is 29.0 Å². The van der Waals surface area contributed by atoms with Gasteiger partial charge in [-0.1, -0.05) is 65.2 Å². The fraction of sp³-hybridized carbons (Fsp3) is 0.606. The zero-order chi connectivity index (χ0) is 34.7. The number of rotatable bonds is 15. The number of amides is 5. The normalized spacial score (nSPS) is 16.5. The quantitative estimate of drug-likeness (QED) is 0.165. The Kier molecular flexibility index (Phi) is 13.8. The predicted molar refractivity (Wildman–Crippen MR) is 175 cm³/mol. The molecule has 13 heteroatoms. The zero-order valence-corrected chi connectivity index (χ0v) is 28.4.